The molecular formula is C16H25N3O4. The van der Waals surface area contributed by atoms with E-state index in [-0.39, 0.29) is 18.2 Å². The van der Waals surface area contributed by atoms with E-state index < -0.39 is 11.5 Å². The number of carbonyl (C=O) groups excluding carboxylic acids is 1. The minimum atomic E-state index is -1.12. The van der Waals surface area contributed by atoms with Gasteiger partial charge in [0.1, 0.15) is 5.54 Å². The van der Waals surface area contributed by atoms with Crippen LogP contribution in [-0.4, -0.2) is 32.7 Å². The summed E-state index contributed by atoms with van der Waals surface area (Å²) in [6.07, 6.45) is 5.14. The highest BCUT2D eigenvalue weighted by Crippen LogP contribution is 2.27. The van der Waals surface area contributed by atoms with E-state index in [4.69, 9.17) is 4.52 Å². The third-order valence-electron chi connectivity index (χ3n) is 4.31. The molecule has 0 spiro atoms. The van der Waals surface area contributed by atoms with Crippen LogP contribution in [0.2, 0.25) is 0 Å². The van der Waals surface area contributed by atoms with Crippen LogP contribution in [0.1, 0.15) is 76.4 Å². The Bertz CT molecular complexity index is 545. The second kappa shape index (κ2) is 7.57. The van der Waals surface area contributed by atoms with Gasteiger partial charge in [-0.2, -0.15) is 4.98 Å². The summed E-state index contributed by atoms with van der Waals surface area (Å²) in [5.74, 6) is -0.0194. The lowest BCUT2D eigenvalue weighted by Gasteiger charge is -2.29. The molecule has 0 saturated heterocycles. The van der Waals surface area contributed by atoms with Crippen LogP contribution in [0.15, 0.2) is 4.52 Å². The van der Waals surface area contributed by atoms with Crippen LogP contribution in [0.3, 0.4) is 0 Å². The summed E-state index contributed by atoms with van der Waals surface area (Å²) in [5.41, 5.74) is -1.12. The van der Waals surface area contributed by atoms with Crippen molar-refractivity contribution in [3.05, 3.63) is 11.7 Å². The number of carboxylic acid groups (broad SMARTS) is 1. The fraction of sp³-hybridized carbons (Fsp3) is 0.750. The number of carboxylic acids is 1. The van der Waals surface area contributed by atoms with Crippen LogP contribution in [0, 0.1) is 0 Å². The monoisotopic (exact) mass is 323 g/mol. The van der Waals surface area contributed by atoms with Gasteiger partial charge in [0.15, 0.2) is 5.82 Å². The number of amides is 1. The molecule has 1 aromatic heterocycles. The van der Waals surface area contributed by atoms with Crippen LogP contribution in [0.5, 0.6) is 0 Å². The van der Waals surface area contributed by atoms with Gasteiger partial charge in [0.25, 0.3) is 0 Å². The maximum atomic E-state index is 12.2. The number of rotatable bonds is 6. The van der Waals surface area contributed by atoms with Crippen molar-refractivity contribution in [3.63, 3.8) is 0 Å². The molecule has 0 aliphatic heterocycles. The Morgan fingerprint density at radius 2 is 1.91 bits per heavy atom. The summed E-state index contributed by atoms with van der Waals surface area (Å²) in [6.45, 7) is 3.92. The van der Waals surface area contributed by atoms with Crippen molar-refractivity contribution in [2.24, 2.45) is 0 Å². The zero-order chi connectivity index (χ0) is 16.9. The summed E-state index contributed by atoms with van der Waals surface area (Å²) < 4.78 is 5.10. The molecule has 1 aliphatic carbocycles. The van der Waals surface area contributed by atoms with Crippen LogP contribution in [0.25, 0.3) is 0 Å². The Balaban J connectivity index is 1.92. The zero-order valence-electron chi connectivity index (χ0n) is 13.8. The maximum absolute atomic E-state index is 12.2. The van der Waals surface area contributed by atoms with Gasteiger partial charge in [-0.15, -0.1) is 0 Å². The first-order chi connectivity index (χ1) is 10.9. The topological polar surface area (TPSA) is 105 Å². The molecule has 1 heterocycles. The first-order valence-corrected chi connectivity index (χ1v) is 8.30. The van der Waals surface area contributed by atoms with E-state index in [1.165, 1.54) is 0 Å². The van der Waals surface area contributed by atoms with Gasteiger partial charge < -0.3 is 14.9 Å². The van der Waals surface area contributed by atoms with Crippen LogP contribution in [0.4, 0.5) is 0 Å². The Labute approximate surface area is 135 Å². The van der Waals surface area contributed by atoms with E-state index in [0.29, 0.717) is 31.0 Å². The summed E-state index contributed by atoms with van der Waals surface area (Å²) in [5, 5.41) is 16.2. The number of aliphatic carboxylic acids is 1. The molecule has 7 heteroatoms. The molecule has 1 fully saturated rings. The first-order valence-electron chi connectivity index (χ1n) is 8.30. The molecular weight excluding hydrogens is 298 g/mol. The van der Waals surface area contributed by atoms with E-state index in [9.17, 15) is 14.7 Å². The highest BCUT2D eigenvalue weighted by Gasteiger charge is 2.39. The van der Waals surface area contributed by atoms with Gasteiger partial charge >= 0.3 is 5.97 Å². The molecule has 0 atom stereocenters. The molecule has 1 amide bonds. The highest BCUT2D eigenvalue weighted by atomic mass is 16.5. The highest BCUT2D eigenvalue weighted by molar-refractivity contribution is 5.87. The van der Waals surface area contributed by atoms with Gasteiger partial charge in [0.2, 0.25) is 11.8 Å². The third-order valence-corrected chi connectivity index (χ3v) is 4.31. The zero-order valence-corrected chi connectivity index (χ0v) is 13.8. The summed E-state index contributed by atoms with van der Waals surface area (Å²) in [4.78, 5) is 28.1. The number of nitrogens with one attached hydrogen (secondary N) is 1. The fourth-order valence-corrected chi connectivity index (χ4v) is 2.88. The van der Waals surface area contributed by atoms with Gasteiger partial charge in [-0.3, -0.25) is 4.79 Å². The molecule has 128 valence electrons. The molecule has 0 unspecified atom stereocenters. The number of aryl methyl sites for hydroxylation is 1. The summed E-state index contributed by atoms with van der Waals surface area (Å²) in [7, 11) is 0. The number of nitrogens with zero attached hydrogens (tertiary/aromatic N) is 2. The average Bonchev–Trinajstić information content (AvgIpc) is 2.85. The van der Waals surface area contributed by atoms with Crippen molar-refractivity contribution in [1.82, 2.24) is 15.5 Å². The maximum Gasteiger partial charge on any atom is 0.329 e. The molecule has 2 rings (SSSR count). The molecule has 0 aromatic carbocycles. The molecule has 0 bridgehead atoms. The van der Waals surface area contributed by atoms with E-state index in [1.54, 1.807) is 0 Å². The van der Waals surface area contributed by atoms with Crippen LogP contribution >= 0.6 is 0 Å². The van der Waals surface area contributed by atoms with Crippen molar-refractivity contribution in [2.45, 2.75) is 76.7 Å². The quantitative estimate of drug-likeness (QED) is 0.779. The van der Waals surface area contributed by atoms with Crippen molar-refractivity contribution in [3.8, 4) is 0 Å². The lowest BCUT2D eigenvalue weighted by molar-refractivity contribution is -0.148. The SMILES string of the molecule is CC(C)c1noc(CCC(=O)NC2(C(=O)O)CCCCCC2)n1. The predicted octanol–water partition coefficient (Wildman–Crippen LogP) is 2.42. The van der Waals surface area contributed by atoms with Gasteiger partial charge in [-0.05, 0) is 12.8 Å². The third kappa shape index (κ3) is 4.53. The van der Waals surface area contributed by atoms with Crippen molar-refractivity contribution in [1.29, 1.82) is 0 Å². The molecule has 23 heavy (non-hydrogen) atoms. The smallest absolute Gasteiger partial charge is 0.329 e. The molecule has 1 aliphatic rings. The molecule has 7 nitrogen and oxygen atoms in total. The van der Waals surface area contributed by atoms with E-state index in [0.717, 1.165) is 25.7 Å². The predicted molar refractivity (Wildman–Crippen MR) is 82.9 cm³/mol. The Hall–Kier alpha value is -1.92. The molecule has 0 radical (unpaired) electrons. The number of hydrogen-bond donors (Lipinski definition) is 2. The number of aromatic nitrogens is 2. The van der Waals surface area contributed by atoms with Crippen LogP contribution < -0.4 is 5.32 Å². The average molecular weight is 323 g/mol. The molecule has 1 saturated carbocycles. The van der Waals surface area contributed by atoms with E-state index >= 15 is 0 Å². The number of carbonyl (C=O) groups is 2. The van der Waals surface area contributed by atoms with Gasteiger partial charge in [-0.25, -0.2) is 4.79 Å². The largest absolute Gasteiger partial charge is 0.480 e. The Morgan fingerprint density at radius 1 is 1.26 bits per heavy atom. The van der Waals surface area contributed by atoms with Crippen molar-refractivity contribution < 1.29 is 19.2 Å². The minimum Gasteiger partial charge on any atom is -0.480 e. The first kappa shape index (κ1) is 17.4. The lowest BCUT2D eigenvalue weighted by Crippen LogP contribution is -2.54. The fourth-order valence-electron chi connectivity index (χ4n) is 2.88. The minimum absolute atomic E-state index is 0.148. The van der Waals surface area contributed by atoms with Gasteiger partial charge in [0, 0.05) is 18.8 Å². The van der Waals surface area contributed by atoms with Crippen molar-refractivity contribution in [2.75, 3.05) is 0 Å². The standard InChI is InChI=1S/C16H25N3O4/c1-11(2)14-17-13(23-19-14)8-7-12(20)18-16(15(21)22)9-5-3-4-6-10-16/h11H,3-10H2,1-2H3,(H,18,20)(H,21,22). The molecule has 1 aromatic rings. The lowest BCUT2D eigenvalue weighted by atomic mass is 9.90. The van der Waals surface area contributed by atoms with Gasteiger partial charge in [-0.1, -0.05) is 44.7 Å². The summed E-state index contributed by atoms with van der Waals surface area (Å²) >= 11 is 0. The summed E-state index contributed by atoms with van der Waals surface area (Å²) in [6, 6.07) is 0. The Kier molecular flexibility index (Phi) is 5.74. The Morgan fingerprint density at radius 3 is 2.43 bits per heavy atom. The van der Waals surface area contributed by atoms with Crippen molar-refractivity contribution >= 4 is 11.9 Å². The number of hydrogen-bond acceptors (Lipinski definition) is 5. The normalized spacial score (nSPS) is 17.7. The van der Waals surface area contributed by atoms with E-state index in [2.05, 4.69) is 15.5 Å². The second-order valence-corrected chi connectivity index (χ2v) is 6.55. The van der Waals surface area contributed by atoms with Gasteiger partial charge in [0.05, 0.1) is 0 Å². The van der Waals surface area contributed by atoms with Crippen LogP contribution in [-0.2, 0) is 16.0 Å². The van der Waals surface area contributed by atoms with E-state index in [1.807, 2.05) is 13.8 Å². The second-order valence-electron chi connectivity index (χ2n) is 6.55. The molecule has 2 N–H and O–H groups in total.